The van der Waals surface area contributed by atoms with Crippen molar-refractivity contribution in [1.29, 1.82) is 0 Å². The maximum absolute atomic E-state index is 12.5. The third-order valence-corrected chi connectivity index (χ3v) is 6.95. The van der Waals surface area contributed by atoms with Crippen molar-refractivity contribution in [3.05, 3.63) is 34.7 Å². The second-order valence-electron chi connectivity index (χ2n) is 7.22. The van der Waals surface area contributed by atoms with Gasteiger partial charge in [0.05, 0.1) is 12.3 Å². The molecule has 28 heavy (non-hydrogen) atoms. The van der Waals surface area contributed by atoms with Crippen molar-refractivity contribution in [2.24, 2.45) is 5.92 Å². The summed E-state index contributed by atoms with van der Waals surface area (Å²) in [5.74, 6) is 2.64. The van der Waals surface area contributed by atoms with Gasteiger partial charge in [0.25, 0.3) is 0 Å². The second kappa shape index (κ2) is 10.1. The van der Waals surface area contributed by atoms with E-state index in [2.05, 4.69) is 10.3 Å². The number of hydrogen-bond acceptors (Lipinski definition) is 6. The highest BCUT2D eigenvalue weighted by Crippen LogP contribution is 2.25. The fourth-order valence-corrected chi connectivity index (χ4v) is 5.08. The molecule has 0 aromatic carbocycles. The summed E-state index contributed by atoms with van der Waals surface area (Å²) in [5.41, 5.74) is 0.999. The molecule has 0 saturated carbocycles. The van der Waals surface area contributed by atoms with E-state index in [1.807, 2.05) is 36.3 Å². The van der Waals surface area contributed by atoms with E-state index in [1.54, 1.807) is 11.3 Å². The van der Waals surface area contributed by atoms with Gasteiger partial charge in [-0.05, 0) is 51.2 Å². The highest BCUT2D eigenvalue weighted by molar-refractivity contribution is 8.01. The smallest absolute Gasteiger partial charge is 0.233 e. The number of amides is 2. The third kappa shape index (κ3) is 6.38. The molecule has 1 saturated heterocycles. The number of hydrogen-bond donors (Lipinski definition) is 1. The van der Waals surface area contributed by atoms with Gasteiger partial charge in [-0.2, -0.15) is 0 Å². The van der Waals surface area contributed by atoms with E-state index in [0.717, 1.165) is 53.9 Å². The molecule has 0 spiro atoms. The van der Waals surface area contributed by atoms with E-state index in [1.165, 1.54) is 11.8 Å². The summed E-state index contributed by atoms with van der Waals surface area (Å²) < 4.78 is 6.41. The van der Waals surface area contributed by atoms with Crippen LogP contribution in [0, 0.1) is 19.8 Å². The van der Waals surface area contributed by atoms with Crippen molar-refractivity contribution in [2.45, 2.75) is 50.4 Å². The van der Waals surface area contributed by atoms with Gasteiger partial charge in [0, 0.05) is 30.6 Å². The Morgan fingerprint density at radius 3 is 2.96 bits per heavy atom. The number of likely N-dealkylation sites (tertiary alicyclic amines) is 1. The summed E-state index contributed by atoms with van der Waals surface area (Å²) in [6.07, 6.45) is 3.38. The lowest BCUT2D eigenvalue weighted by molar-refractivity contribution is -0.130. The molecule has 152 valence electrons. The van der Waals surface area contributed by atoms with Gasteiger partial charge in [-0.1, -0.05) is 11.8 Å². The molecule has 2 aromatic rings. The average Bonchev–Trinajstić information content (AvgIpc) is 3.30. The normalized spacial score (nSPS) is 16.9. The van der Waals surface area contributed by atoms with Gasteiger partial charge < -0.3 is 14.6 Å². The predicted molar refractivity (Wildman–Crippen MR) is 111 cm³/mol. The molecule has 3 heterocycles. The summed E-state index contributed by atoms with van der Waals surface area (Å²) in [5, 5.41) is 4.91. The first-order valence-electron chi connectivity index (χ1n) is 9.64. The zero-order valence-electron chi connectivity index (χ0n) is 16.4. The van der Waals surface area contributed by atoms with Crippen LogP contribution in [0.25, 0.3) is 0 Å². The van der Waals surface area contributed by atoms with Crippen LogP contribution in [0.3, 0.4) is 0 Å². The lowest BCUT2D eigenvalue weighted by Crippen LogP contribution is -2.41. The molecule has 0 radical (unpaired) electrons. The quantitative estimate of drug-likeness (QED) is 0.657. The van der Waals surface area contributed by atoms with Crippen LogP contribution in [0.2, 0.25) is 0 Å². The molecular formula is C20H27N3O3S2. The minimum atomic E-state index is 0.0344. The molecule has 6 nitrogen and oxygen atoms in total. The minimum Gasteiger partial charge on any atom is -0.465 e. The molecule has 1 aliphatic heterocycles. The Hall–Kier alpha value is -1.80. The van der Waals surface area contributed by atoms with Gasteiger partial charge in [-0.25, -0.2) is 4.98 Å². The Balaban J connectivity index is 1.36. The molecule has 1 aliphatic rings. The van der Waals surface area contributed by atoms with Gasteiger partial charge in [0.1, 0.15) is 11.5 Å². The monoisotopic (exact) mass is 421 g/mol. The average molecular weight is 422 g/mol. The van der Waals surface area contributed by atoms with Gasteiger partial charge in [0.15, 0.2) is 4.34 Å². The molecular weight excluding hydrogens is 394 g/mol. The molecule has 0 aliphatic carbocycles. The van der Waals surface area contributed by atoms with Crippen molar-refractivity contribution in [3.63, 3.8) is 0 Å². The third-order valence-electron chi connectivity index (χ3n) is 4.82. The van der Waals surface area contributed by atoms with Crippen LogP contribution < -0.4 is 5.32 Å². The van der Waals surface area contributed by atoms with Crippen molar-refractivity contribution in [3.8, 4) is 0 Å². The van der Waals surface area contributed by atoms with Gasteiger partial charge in [-0.15, -0.1) is 11.3 Å². The van der Waals surface area contributed by atoms with E-state index in [-0.39, 0.29) is 11.8 Å². The van der Waals surface area contributed by atoms with Crippen LogP contribution >= 0.6 is 23.1 Å². The first-order valence-corrected chi connectivity index (χ1v) is 11.5. The van der Waals surface area contributed by atoms with E-state index in [0.29, 0.717) is 24.6 Å². The van der Waals surface area contributed by atoms with Crippen molar-refractivity contribution < 1.29 is 14.0 Å². The van der Waals surface area contributed by atoms with Crippen molar-refractivity contribution in [2.75, 3.05) is 18.8 Å². The van der Waals surface area contributed by atoms with Crippen molar-refractivity contribution >= 4 is 34.9 Å². The second-order valence-corrected chi connectivity index (χ2v) is 9.30. The fourth-order valence-electron chi connectivity index (χ4n) is 3.33. The summed E-state index contributed by atoms with van der Waals surface area (Å²) in [6, 6.07) is 3.77. The van der Waals surface area contributed by atoms with E-state index in [9.17, 15) is 9.59 Å². The number of aryl methyl sites for hydroxylation is 2. The molecule has 1 fully saturated rings. The van der Waals surface area contributed by atoms with Crippen LogP contribution in [0.1, 0.15) is 42.9 Å². The standard InChI is InChI=1S/C20H27N3O3S2/c1-14-12-27-20(22-14)28-13-19(25)23-9-3-4-16(11-23)6-8-18(24)21-10-17-7-5-15(2)26-17/h5,7,12,16H,3-4,6,8-11,13H2,1-2H3,(H,21,24). The number of nitrogens with zero attached hydrogens (tertiary/aromatic N) is 2. The zero-order valence-corrected chi connectivity index (χ0v) is 18.0. The van der Waals surface area contributed by atoms with Crippen LogP contribution in [-0.2, 0) is 16.1 Å². The molecule has 1 unspecified atom stereocenters. The number of thiazole rings is 1. The lowest BCUT2D eigenvalue weighted by atomic mass is 9.93. The number of carbonyl (C=O) groups is 2. The minimum absolute atomic E-state index is 0.0344. The summed E-state index contributed by atoms with van der Waals surface area (Å²) in [4.78, 5) is 31.0. The Labute approximate surface area is 174 Å². The zero-order chi connectivity index (χ0) is 19.9. The topological polar surface area (TPSA) is 75.4 Å². The first-order chi connectivity index (χ1) is 13.5. The van der Waals surface area contributed by atoms with E-state index < -0.39 is 0 Å². The lowest BCUT2D eigenvalue weighted by Gasteiger charge is -2.32. The van der Waals surface area contributed by atoms with Crippen LogP contribution in [-0.4, -0.2) is 40.5 Å². The highest BCUT2D eigenvalue weighted by Gasteiger charge is 2.24. The van der Waals surface area contributed by atoms with Crippen molar-refractivity contribution in [1.82, 2.24) is 15.2 Å². The Morgan fingerprint density at radius 1 is 1.39 bits per heavy atom. The van der Waals surface area contributed by atoms with Gasteiger partial charge in [-0.3, -0.25) is 9.59 Å². The summed E-state index contributed by atoms with van der Waals surface area (Å²) >= 11 is 3.10. The molecule has 1 N–H and O–H groups in total. The van der Waals surface area contributed by atoms with E-state index >= 15 is 0 Å². The Bertz CT molecular complexity index is 802. The number of carbonyl (C=O) groups excluding carboxylic acids is 2. The van der Waals surface area contributed by atoms with Gasteiger partial charge >= 0.3 is 0 Å². The molecule has 3 rings (SSSR count). The number of nitrogens with one attached hydrogen (secondary N) is 1. The summed E-state index contributed by atoms with van der Waals surface area (Å²) in [7, 11) is 0. The van der Waals surface area contributed by atoms with E-state index in [4.69, 9.17) is 4.42 Å². The highest BCUT2D eigenvalue weighted by atomic mass is 32.2. The maximum atomic E-state index is 12.5. The SMILES string of the molecule is Cc1csc(SCC(=O)N2CCCC(CCC(=O)NCc3ccc(C)o3)C2)n1. The number of furan rings is 1. The Kier molecular flexibility index (Phi) is 7.56. The molecule has 8 heteroatoms. The molecule has 1 atom stereocenters. The number of thioether (sulfide) groups is 1. The maximum Gasteiger partial charge on any atom is 0.233 e. The number of aromatic nitrogens is 1. The summed E-state index contributed by atoms with van der Waals surface area (Å²) in [6.45, 7) is 5.84. The molecule has 2 amide bonds. The molecule has 0 bridgehead atoms. The fraction of sp³-hybridized carbons (Fsp3) is 0.550. The first kappa shape index (κ1) is 20.9. The van der Waals surface area contributed by atoms with Gasteiger partial charge in [0.2, 0.25) is 11.8 Å². The molecule has 2 aromatic heterocycles. The van der Waals surface area contributed by atoms with Crippen LogP contribution in [0.5, 0.6) is 0 Å². The Morgan fingerprint density at radius 2 is 2.25 bits per heavy atom. The number of rotatable bonds is 8. The predicted octanol–water partition coefficient (Wildman–Crippen LogP) is 3.78. The van der Waals surface area contributed by atoms with Crippen LogP contribution in [0.15, 0.2) is 26.3 Å². The number of piperidine rings is 1. The van der Waals surface area contributed by atoms with Crippen LogP contribution in [0.4, 0.5) is 0 Å². The largest absolute Gasteiger partial charge is 0.465 e.